The lowest BCUT2D eigenvalue weighted by molar-refractivity contribution is -0.118. The minimum Gasteiger partial charge on any atom is -0.366 e. The number of pyridine rings is 1. The summed E-state index contributed by atoms with van der Waals surface area (Å²) in [4.78, 5) is 25.3. The molecule has 16 heavy (non-hydrogen) atoms. The molecule has 1 aromatic heterocycles. The Balaban J connectivity index is 2.63. The third-order valence-corrected chi connectivity index (χ3v) is 1.82. The van der Waals surface area contributed by atoms with E-state index in [0.29, 0.717) is 12.1 Å². The summed E-state index contributed by atoms with van der Waals surface area (Å²) in [5.74, 6) is -0.599. The molecule has 1 rings (SSSR count). The van der Waals surface area contributed by atoms with Crippen molar-refractivity contribution in [2.45, 2.75) is 6.92 Å². The van der Waals surface area contributed by atoms with Crippen LogP contribution in [-0.2, 0) is 4.79 Å². The van der Waals surface area contributed by atoms with Gasteiger partial charge in [-0.1, -0.05) is 12.2 Å². The zero-order valence-corrected chi connectivity index (χ0v) is 8.93. The fourth-order valence-corrected chi connectivity index (χ4v) is 1.08. The van der Waals surface area contributed by atoms with Crippen LogP contribution in [0.25, 0.3) is 6.08 Å². The fourth-order valence-electron chi connectivity index (χ4n) is 1.08. The molecule has 0 saturated carbocycles. The SMILES string of the molecule is CC(=O)NCC=Cc1cncc(C(N)=O)c1. The van der Waals surface area contributed by atoms with Gasteiger partial charge < -0.3 is 11.1 Å². The first-order valence-electron chi connectivity index (χ1n) is 4.75. The van der Waals surface area contributed by atoms with Gasteiger partial charge in [0.1, 0.15) is 0 Å². The van der Waals surface area contributed by atoms with Crippen molar-refractivity contribution in [1.82, 2.24) is 10.3 Å². The lowest BCUT2D eigenvalue weighted by Gasteiger charge is -1.97. The molecule has 3 N–H and O–H groups in total. The highest BCUT2D eigenvalue weighted by atomic mass is 16.1. The average molecular weight is 219 g/mol. The number of primary amides is 1. The van der Waals surface area contributed by atoms with E-state index in [0.717, 1.165) is 5.56 Å². The molecule has 0 atom stereocenters. The molecule has 5 heteroatoms. The van der Waals surface area contributed by atoms with E-state index >= 15 is 0 Å². The third kappa shape index (κ3) is 3.91. The van der Waals surface area contributed by atoms with Crippen LogP contribution in [0.1, 0.15) is 22.8 Å². The van der Waals surface area contributed by atoms with Gasteiger partial charge in [0.2, 0.25) is 11.8 Å². The van der Waals surface area contributed by atoms with E-state index in [1.165, 1.54) is 13.1 Å². The zero-order valence-electron chi connectivity index (χ0n) is 8.93. The molecule has 0 saturated heterocycles. The molecule has 0 radical (unpaired) electrons. The number of rotatable bonds is 4. The summed E-state index contributed by atoms with van der Waals surface area (Å²) in [7, 11) is 0. The Morgan fingerprint density at radius 3 is 2.88 bits per heavy atom. The highest BCUT2D eigenvalue weighted by Crippen LogP contribution is 2.03. The standard InChI is InChI=1S/C11H13N3O2/c1-8(15)14-4-2-3-9-5-10(11(12)16)7-13-6-9/h2-3,5-7H,4H2,1H3,(H2,12,16)(H,14,15). The molecule has 0 aliphatic rings. The first-order valence-corrected chi connectivity index (χ1v) is 4.75. The van der Waals surface area contributed by atoms with Crippen LogP contribution in [0, 0.1) is 0 Å². The van der Waals surface area contributed by atoms with Crippen molar-refractivity contribution in [3.63, 3.8) is 0 Å². The summed E-state index contributed by atoms with van der Waals surface area (Å²) in [5.41, 5.74) is 6.25. The molecular weight excluding hydrogens is 206 g/mol. The number of hydrogen-bond donors (Lipinski definition) is 2. The zero-order chi connectivity index (χ0) is 12.0. The van der Waals surface area contributed by atoms with Gasteiger partial charge in [0.05, 0.1) is 5.56 Å². The Labute approximate surface area is 93.4 Å². The molecule has 0 aliphatic heterocycles. The maximum atomic E-state index is 10.9. The third-order valence-electron chi connectivity index (χ3n) is 1.82. The molecule has 0 spiro atoms. The Morgan fingerprint density at radius 1 is 1.50 bits per heavy atom. The molecule has 0 aliphatic carbocycles. The molecule has 84 valence electrons. The number of amides is 2. The topological polar surface area (TPSA) is 85.1 Å². The van der Waals surface area contributed by atoms with Gasteiger partial charge in [0.15, 0.2) is 0 Å². The van der Waals surface area contributed by atoms with E-state index in [1.807, 2.05) is 0 Å². The monoisotopic (exact) mass is 219 g/mol. The van der Waals surface area contributed by atoms with Gasteiger partial charge in [-0.15, -0.1) is 0 Å². The predicted molar refractivity (Wildman–Crippen MR) is 60.5 cm³/mol. The molecule has 5 nitrogen and oxygen atoms in total. The van der Waals surface area contributed by atoms with Crippen LogP contribution >= 0.6 is 0 Å². The van der Waals surface area contributed by atoms with E-state index in [2.05, 4.69) is 10.3 Å². The first kappa shape index (κ1) is 11.9. The van der Waals surface area contributed by atoms with Crippen LogP contribution in [0.5, 0.6) is 0 Å². The first-order chi connectivity index (χ1) is 7.59. The maximum absolute atomic E-state index is 10.9. The minimum absolute atomic E-state index is 0.0892. The van der Waals surface area contributed by atoms with Gasteiger partial charge in [-0.05, 0) is 11.6 Å². The van der Waals surface area contributed by atoms with E-state index in [4.69, 9.17) is 5.73 Å². The van der Waals surface area contributed by atoms with E-state index in [1.54, 1.807) is 24.4 Å². The molecular formula is C11H13N3O2. The second-order valence-corrected chi connectivity index (χ2v) is 3.21. The summed E-state index contributed by atoms with van der Waals surface area (Å²) >= 11 is 0. The van der Waals surface area contributed by atoms with Crippen molar-refractivity contribution in [2.75, 3.05) is 6.54 Å². The number of nitrogens with zero attached hydrogens (tertiary/aromatic N) is 1. The quantitative estimate of drug-likeness (QED) is 0.765. The van der Waals surface area contributed by atoms with Crippen molar-refractivity contribution in [1.29, 1.82) is 0 Å². The van der Waals surface area contributed by atoms with Crippen LogP contribution in [0.3, 0.4) is 0 Å². The summed E-state index contributed by atoms with van der Waals surface area (Å²) < 4.78 is 0. The molecule has 0 fully saturated rings. The van der Waals surface area contributed by atoms with Crippen molar-refractivity contribution in [3.8, 4) is 0 Å². The second-order valence-electron chi connectivity index (χ2n) is 3.21. The Bertz CT molecular complexity index is 427. The van der Waals surface area contributed by atoms with E-state index in [9.17, 15) is 9.59 Å². The van der Waals surface area contributed by atoms with Crippen LogP contribution < -0.4 is 11.1 Å². The summed E-state index contributed by atoms with van der Waals surface area (Å²) in [6.07, 6.45) is 6.54. The minimum atomic E-state index is -0.510. The number of hydrogen-bond acceptors (Lipinski definition) is 3. The highest BCUT2D eigenvalue weighted by molar-refractivity contribution is 5.92. The fraction of sp³-hybridized carbons (Fsp3) is 0.182. The molecule has 0 bridgehead atoms. The molecule has 0 unspecified atom stereocenters. The van der Waals surface area contributed by atoms with Crippen molar-refractivity contribution < 1.29 is 9.59 Å². The van der Waals surface area contributed by atoms with Gasteiger partial charge in [0.25, 0.3) is 0 Å². The number of nitrogens with one attached hydrogen (secondary N) is 1. The summed E-state index contributed by atoms with van der Waals surface area (Å²) in [6.45, 7) is 1.89. The number of carbonyl (C=O) groups excluding carboxylic acids is 2. The van der Waals surface area contributed by atoms with Gasteiger partial charge >= 0.3 is 0 Å². The van der Waals surface area contributed by atoms with Crippen LogP contribution in [0.15, 0.2) is 24.5 Å². The number of aromatic nitrogens is 1. The summed E-state index contributed by atoms with van der Waals surface area (Å²) in [6, 6.07) is 1.64. The Kier molecular flexibility index (Phi) is 4.20. The molecule has 1 heterocycles. The van der Waals surface area contributed by atoms with Crippen molar-refractivity contribution in [3.05, 3.63) is 35.7 Å². The number of carbonyl (C=O) groups is 2. The molecule has 0 aromatic carbocycles. The second kappa shape index (κ2) is 5.65. The normalized spacial score (nSPS) is 10.3. The Hall–Kier alpha value is -2.17. The van der Waals surface area contributed by atoms with Crippen molar-refractivity contribution >= 4 is 17.9 Å². The number of nitrogens with two attached hydrogens (primary N) is 1. The van der Waals surface area contributed by atoms with Gasteiger partial charge in [-0.25, -0.2) is 0 Å². The lowest BCUT2D eigenvalue weighted by atomic mass is 10.2. The van der Waals surface area contributed by atoms with Crippen LogP contribution in [0.2, 0.25) is 0 Å². The van der Waals surface area contributed by atoms with Gasteiger partial charge in [-0.3, -0.25) is 14.6 Å². The van der Waals surface area contributed by atoms with Crippen molar-refractivity contribution in [2.24, 2.45) is 5.73 Å². The smallest absolute Gasteiger partial charge is 0.250 e. The van der Waals surface area contributed by atoms with E-state index in [-0.39, 0.29) is 5.91 Å². The lowest BCUT2D eigenvalue weighted by Crippen LogP contribution is -2.19. The largest absolute Gasteiger partial charge is 0.366 e. The molecule has 1 aromatic rings. The van der Waals surface area contributed by atoms with Gasteiger partial charge in [-0.2, -0.15) is 0 Å². The highest BCUT2D eigenvalue weighted by Gasteiger charge is 1.99. The molecule has 2 amide bonds. The van der Waals surface area contributed by atoms with Crippen LogP contribution in [-0.4, -0.2) is 23.3 Å². The van der Waals surface area contributed by atoms with E-state index < -0.39 is 5.91 Å². The predicted octanol–water partition coefficient (Wildman–Crippen LogP) is 0.330. The summed E-state index contributed by atoms with van der Waals surface area (Å²) in [5, 5.41) is 2.62. The van der Waals surface area contributed by atoms with Gasteiger partial charge in [0, 0.05) is 25.9 Å². The average Bonchev–Trinajstić information content (AvgIpc) is 2.24. The maximum Gasteiger partial charge on any atom is 0.250 e. The Morgan fingerprint density at radius 2 is 2.25 bits per heavy atom. The van der Waals surface area contributed by atoms with Crippen LogP contribution in [0.4, 0.5) is 0 Å².